The maximum atomic E-state index is 11.8. The van der Waals surface area contributed by atoms with Gasteiger partial charge in [0.05, 0.1) is 5.56 Å². The zero-order valence-corrected chi connectivity index (χ0v) is 9.38. The van der Waals surface area contributed by atoms with Crippen molar-refractivity contribution in [2.75, 3.05) is 13.1 Å². The lowest BCUT2D eigenvalue weighted by Gasteiger charge is -2.33. The van der Waals surface area contributed by atoms with Crippen molar-refractivity contribution in [1.29, 1.82) is 0 Å². The minimum Gasteiger partial charge on any atom is -0.450 e. The Hall–Kier alpha value is -1.13. The zero-order chi connectivity index (χ0) is 11.2. The summed E-state index contributed by atoms with van der Waals surface area (Å²) in [7, 11) is 0. The lowest BCUT2D eigenvalue weighted by atomic mass is 9.85. The van der Waals surface area contributed by atoms with Crippen LogP contribution in [0.5, 0.6) is 0 Å². The molecule has 0 radical (unpaired) electrons. The lowest BCUT2D eigenvalue weighted by Crippen LogP contribution is -2.40. The molecule has 0 atom stereocenters. The summed E-state index contributed by atoms with van der Waals surface area (Å²) in [6, 6.07) is 1.68. The molecule has 0 aromatic carbocycles. The average Bonchev–Trinajstić information content (AvgIpc) is 2.55. The Labute approximate surface area is 98.0 Å². The fourth-order valence-corrected chi connectivity index (χ4v) is 2.84. The van der Waals surface area contributed by atoms with Crippen molar-refractivity contribution in [2.45, 2.75) is 18.4 Å². The predicted molar refractivity (Wildman–Crippen MR) is 58.4 cm³/mol. The minimum absolute atomic E-state index is 0.277. The number of piperidine rings is 1. The van der Waals surface area contributed by atoms with Crippen LogP contribution in [0.4, 0.5) is 0 Å². The Morgan fingerprint density at radius 1 is 1.44 bits per heavy atom. The number of rotatable bonds is 0. The summed E-state index contributed by atoms with van der Waals surface area (Å²) in [5.74, 6) is -0.277. The largest absolute Gasteiger partial charge is 0.450 e. The quantitative estimate of drug-likeness (QED) is 0.550. The van der Waals surface area contributed by atoms with Crippen LogP contribution in [0.15, 0.2) is 12.3 Å². The van der Waals surface area contributed by atoms with E-state index in [0.717, 1.165) is 31.5 Å². The van der Waals surface area contributed by atoms with E-state index in [0.29, 0.717) is 10.7 Å². The Kier molecular flexibility index (Phi) is 2.16. The van der Waals surface area contributed by atoms with Gasteiger partial charge in [0.1, 0.15) is 10.8 Å². The number of ether oxygens (including phenoxy) is 1. The molecule has 1 N–H and O–H groups in total. The second-order valence-electron chi connectivity index (χ2n) is 4.16. The van der Waals surface area contributed by atoms with Crippen LogP contribution < -0.4 is 5.32 Å². The van der Waals surface area contributed by atoms with E-state index in [1.807, 2.05) is 0 Å². The average molecular weight is 239 g/mol. The molecule has 5 heteroatoms. The number of carbonyl (C=O) groups excluding carboxylic acids is 1. The second kappa shape index (κ2) is 3.43. The molecule has 3 heterocycles. The van der Waals surface area contributed by atoms with E-state index in [1.54, 1.807) is 12.3 Å². The molecule has 84 valence electrons. The molecule has 2 aliphatic rings. The molecule has 1 spiro atoms. The molecule has 1 fully saturated rings. The Balaban J connectivity index is 2.16. The van der Waals surface area contributed by atoms with Crippen molar-refractivity contribution in [3.05, 3.63) is 28.5 Å². The van der Waals surface area contributed by atoms with Gasteiger partial charge in [-0.15, -0.1) is 0 Å². The number of esters is 1. The first-order valence-electron chi connectivity index (χ1n) is 5.32. The van der Waals surface area contributed by atoms with Gasteiger partial charge in [-0.05, 0) is 19.2 Å². The highest BCUT2D eigenvalue weighted by atomic mass is 35.5. The van der Waals surface area contributed by atoms with Gasteiger partial charge in [-0.25, -0.2) is 9.78 Å². The van der Waals surface area contributed by atoms with Crippen LogP contribution >= 0.6 is 11.6 Å². The number of carbonyl (C=O) groups is 1. The van der Waals surface area contributed by atoms with Crippen LogP contribution in [0.1, 0.15) is 28.8 Å². The highest BCUT2D eigenvalue weighted by molar-refractivity contribution is 6.31. The molecule has 16 heavy (non-hydrogen) atoms. The molecule has 2 aliphatic heterocycles. The van der Waals surface area contributed by atoms with Gasteiger partial charge in [0.25, 0.3) is 0 Å². The van der Waals surface area contributed by atoms with Crippen LogP contribution in [0.3, 0.4) is 0 Å². The van der Waals surface area contributed by atoms with E-state index in [4.69, 9.17) is 16.3 Å². The van der Waals surface area contributed by atoms with Gasteiger partial charge in [0, 0.05) is 24.6 Å². The first kappa shape index (κ1) is 10.1. The van der Waals surface area contributed by atoms with Crippen molar-refractivity contribution in [2.24, 2.45) is 0 Å². The Morgan fingerprint density at radius 3 is 2.94 bits per heavy atom. The highest BCUT2D eigenvalue weighted by Gasteiger charge is 2.47. The first-order chi connectivity index (χ1) is 7.73. The minimum atomic E-state index is -0.539. The third-order valence-corrected chi connectivity index (χ3v) is 3.57. The number of hydrogen-bond donors (Lipinski definition) is 1. The SMILES string of the molecule is O=C1OC2(CCNCC2)c2c1ccnc2Cl. The van der Waals surface area contributed by atoms with Crippen molar-refractivity contribution in [3.8, 4) is 0 Å². The van der Waals surface area contributed by atoms with E-state index in [9.17, 15) is 4.79 Å². The molecule has 1 aromatic heterocycles. The molecular formula is C11H11ClN2O2. The summed E-state index contributed by atoms with van der Waals surface area (Å²) >= 11 is 6.09. The first-order valence-corrected chi connectivity index (χ1v) is 5.70. The topological polar surface area (TPSA) is 51.2 Å². The van der Waals surface area contributed by atoms with Crippen molar-refractivity contribution in [1.82, 2.24) is 10.3 Å². The monoisotopic (exact) mass is 238 g/mol. The van der Waals surface area contributed by atoms with Gasteiger partial charge in [-0.1, -0.05) is 11.6 Å². The van der Waals surface area contributed by atoms with Gasteiger partial charge < -0.3 is 10.1 Å². The van der Waals surface area contributed by atoms with Crippen molar-refractivity contribution < 1.29 is 9.53 Å². The molecule has 1 saturated heterocycles. The smallest absolute Gasteiger partial charge is 0.339 e. The van der Waals surface area contributed by atoms with Crippen LogP contribution in [0, 0.1) is 0 Å². The zero-order valence-electron chi connectivity index (χ0n) is 8.62. The van der Waals surface area contributed by atoms with Crippen LogP contribution in [-0.2, 0) is 10.3 Å². The van der Waals surface area contributed by atoms with Gasteiger partial charge in [-0.2, -0.15) is 0 Å². The van der Waals surface area contributed by atoms with E-state index in [1.165, 1.54) is 0 Å². The number of fused-ring (bicyclic) bond motifs is 2. The summed E-state index contributed by atoms with van der Waals surface area (Å²) in [5, 5.41) is 3.64. The molecule has 0 bridgehead atoms. The molecular weight excluding hydrogens is 228 g/mol. The van der Waals surface area contributed by atoms with Crippen molar-refractivity contribution >= 4 is 17.6 Å². The van der Waals surface area contributed by atoms with E-state index >= 15 is 0 Å². The van der Waals surface area contributed by atoms with Gasteiger partial charge in [0.15, 0.2) is 0 Å². The fraction of sp³-hybridized carbons (Fsp3) is 0.455. The Morgan fingerprint density at radius 2 is 2.19 bits per heavy atom. The lowest BCUT2D eigenvalue weighted by molar-refractivity contribution is -0.0242. The van der Waals surface area contributed by atoms with E-state index < -0.39 is 5.60 Å². The summed E-state index contributed by atoms with van der Waals surface area (Å²) in [6.45, 7) is 1.66. The van der Waals surface area contributed by atoms with Crippen LogP contribution in [-0.4, -0.2) is 24.0 Å². The summed E-state index contributed by atoms with van der Waals surface area (Å²) < 4.78 is 5.54. The van der Waals surface area contributed by atoms with Gasteiger partial charge >= 0.3 is 5.97 Å². The highest BCUT2D eigenvalue weighted by Crippen LogP contribution is 2.45. The maximum Gasteiger partial charge on any atom is 0.339 e. The summed E-state index contributed by atoms with van der Waals surface area (Å²) in [5.41, 5.74) is 0.813. The predicted octanol–water partition coefficient (Wildman–Crippen LogP) is 1.48. The van der Waals surface area contributed by atoms with Crippen LogP contribution in [0.25, 0.3) is 0 Å². The number of hydrogen-bond acceptors (Lipinski definition) is 4. The number of pyridine rings is 1. The Bertz CT molecular complexity index is 455. The third kappa shape index (κ3) is 1.26. The molecule has 0 amide bonds. The second-order valence-corrected chi connectivity index (χ2v) is 4.52. The maximum absolute atomic E-state index is 11.8. The summed E-state index contributed by atoms with van der Waals surface area (Å²) in [6.07, 6.45) is 3.07. The third-order valence-electron chi connectivity index (χ3n) is 3.28. The number of nitrogens with zero attached hydrogens (tertiary/aromatic N) is 1. The molecule has 0 aliphatic carbocycles. The summed E-state index contributed by atoms with van der Waals surface area (Å²) in [4.78, 5) is 15.8. The molecule has 0 saturated carbocycles. The van der Waals surface area contributed by atoms with Gasteiger partial charge in [0.2, 0.25) is 0 Å². The van der Waals surface area contributed by atoms with Crippen LogP contribution in [0.2, 0.25) is 5.15 Å². The number of nitrogens with one attached hydrogen (secondary N) is 1. The fourth-order valence-electron chi connectivity index (χ4n) is 2.51. The van der Waals surface area contributed by atoms with Crippen molar-refractivity contribution in [3.63, 3.8) is 0 Å². The van der Waals surface area contributed by atoms with E-state index in [-0.39, 0.29) is 5.97 Å². The molecule has 4 nitrogen and oxygen atoms in total. The molecule has 1 aromatic rings. The molecule has 0 unspecified atom stereocenters. The normalized spacial score (nSPS) is 21.9. The standard InChI is InChI=1S/C11H11ClN2O2/c12-9-8-7(1-4-14-9)10(15)16-11(8)2-5-13-6-3-11/h1,4,13H,2-3,5-6H2. The number of aromatic nitrogens is 1. The number of halogens is 1. The van der Waals surface area contributed by atoms with E-state index in [2.05, 4.69) is 10.3 Å². The van der Waals surface area contributed by atoms with Gasteiger partial charge in [-0.3, -0.25) is 0 Å². The molecule has 3 rings (SSSR count).